The lowest BCUT2D eigenvalue weighted by Gasteiger charge is -2.17. The van der Waals surface area contributed by atoms with Crippen LogP contribution in [0.15, 0.2) is 6.20 Å². The zero-order chi connectivity index (χ0) is 12.4. The molecule has 1 saturated carbocycles. The van der Waals surface area contributed by atoms with Crippen molar-refractivity contribution in [3.8, 4) is 5.75 Å². The zero-order valence-corrected chi connectivity index (χ0v) is 12.4. The van der Waals surface area contributed by atoms with E-state index in [1.54, 1.807) is 7.11 Å². The molecule has 0 N–H and O–H groups in total. The lowest BCUT2D eigenvalue weighted by Crippen LogP contribution is -2.12. The van der Waals surface area contributed by atoms with Crippen LogP contribution >= 0.6 is 15.9 Å². The highest BCUT2D eigenvalue weighted by atomic mass is 79.9. The molecule has 1 aliphatic carbocycles. The van der Waals surface area contributed by atoms with Crippen LogP contribution in [0.25, 0.3) is 0 Å². The Morgan fingerprint density at radius 1 is 1.41 bits per heavy atom. The third-order valence-electron chi connectivity index (χ3n) is 3.77. The van der Waals surface area contributed by atoms with Crippen molar-refractivity contribution in [2.24, 2.45) is 5.92 Å². The van der Waals surface area contributed by atoms with Gasteiger partial charge in [-0.25, -0.2) is 0 Å². The minimum atomic E-state index is 0.663. The highest BCUT2D eigenvalue weighted by molar-refractivity contribution is 9.09. The highest BCUT2D eigenvalue weighted by Crippen LogP contribution is 2.35. The average Bonchev–Trinajstić information content (AvgIpc) is 2.69. The molecular formula is C14H20BrNO. The van der Waals surface area contributed by atoms with Crippen molar-refractivity contribution in [2.75, 3.05) is 7.11 Å². The van der Waals surface area contributed by atoms with Crippen molar-refractivity contribution in [3.63, 3.8) is 0 Å². The smallest absolute Gasteiger partial charge is 0.128 e. The molecule has 2 rings (SSSR count). The van der Waals surface area contributed by atoms with Crippen LogP contribution < -0.4 is 4.74 Å². The van der Waals surface area contributed by atoms with Crippen LogP contribution in [-0.2, 0) is 6.42 Å². The van der Waals surface area contributed by atoms with Crippen LogP contribution in [0.3, 0.4) is 0 Å². The molecule has 0 amide bonds. The molecule has 17 heavy (non-hydrogen) atoms. The number of aromatic nitrogens is 1. The summed E-state index contributed by atoms with van der Waals surface area (Å²) in [6.07, 6.45) is 6.94. The molecule has 0 aliphatic heterocycles. The quantitative estimate of drug-likeness (QED) is 0.792. The SMILES string of the molecule is COc1c(C)cnc(CC2CCCC2Br)c1C. The number of nitrogens with zero attached hydrogens (tertiary/aromatic N) is 1. The monoisotopic (exact) mass is 297 g/mol. The maximum atomic E-state index is 5.46. The van der Waals surface area contributed by atoms with Gasteiger partial charge in [0.2, 0.25) is 0 Å². The highest BCUT2D eigenvalue weighted by Gasteiger charge is 2.26. The Kier molecular flexibility index (Phi) is 4.08. The molecule has 1 fully saturated rings. The van der Waals surface area contributed by atoms with Crippen molar-refractivity contribution >= 4 is 15.9 Å². The minimum Gasteiger partial charge on any atom is -0.496 e. The summed E-state index contributed by atoms with van der Waals surface area (Å²) in [6, 6.07) is 0. The molecule has 0 saturated heterocycles. The number of halogens is 1. The Morgan fingerprint density at radius 3 is 2.76 bits per heavy atom. The van der Waals surface area contributed by atoms with E-state index in [-0.39, 0.29) is 0 Å². The molecule has 1 aromatic heterocycles. The first kappa shape index (κ1) is 12.9. The molecule has 1 heterocycles. The third kappa shape index (κ3) is 2.65. The maximum Gasteiger partial charge on any atom is 0.128 e. The van der Waals surface area contributed by atoms with Gasteiger partial charge in [0.25, 0.3) is 0 Å². The van der Waals surface area contributed by atoms with E-state index < -0.39 is 0 Å². The summed E-state index contributed by atoms with van der Waals surface area (Å²) in [7, 11) is 1.74. The maximum absolute atomic E-state index is 5.46. The van der Waals surface area contributed by atoms with Gasteiger partial charge < -0.3 is 4.74 Å². The van der Waals surface area contributed by atoms with Crippen LogP contribution in [0, 0.1) is 19.8 Å². The topological polar surface area (TPSA) is 22.1 Å². The predicted octanol–water partition coefficient (Wildman–Crippen LogP) is 3.81. The summed E-state index contributed by atoms with van der Waals surface area (Å²) in [6.45, 7) is 4.16. The van der Waals surface area contributed by atoms with Gasteiger partial charge in [0.05, 0.1) is 7.11 Å². The first-order chi connectivity index (χ1) is 8.13. The largest absolute Gasteiger partial charge is 0.496 e. The van der Waals surface area contributed by atoms with Crippen molar-refractivity contribution in [1.82, 2.24) is 4.98 Å². The Balaban J connectivity index is 2.21. The second-order valence-corrected chi connectivity index (χ2v) is 6.13. The van der Waals surface area contributed by atoms with E-state index in [1.807, 2.05) is 13.1 Å². The Morgan fingerprint density at radius 2 is 2.18 bits per heavy atom. The van der Waals surface area contributed by atoms with E-state index in [4.69, 9.17) is 4.74 Å². The molecule has 0 aromatic carbocycles. The summed E-state index contributed by atoms with van der Waals surface area (Å²) in [5.74, 6) is 1.73. The molecule has 2 nitrogen and oxygen atoms in total. The fraction of sp³-hybridized carbons (Fsp3) is 0.643. The Bertz CT molecular complexity index is 405. The van der Waals surface area contributed by atoms with Crippen LogP contribution in [-0.4, -0.2) is 16.9 Å². The predicted molar refractivity (Wildman–Crippen MR) is 74.0 cm³/mol. The van der Waals surface area contributed by atoms with Crippen LogP contribution in [0.5, 0.6) is 5.75 Å². The second-order valence-electron chi connectivity index (χ2n) is 4.96. The van der Waals surface area contributed by atoms with E-state index in [0.29, 0.717) is 4.83 Å². The van der Waals surface area contributed by atoms with E-state index in [2.05, 4.69) is 27.8 Å². The second kappa shape index (κ2) is 5.38. The van der Waals surface area contributed by atoms with Gasteiger partial charge in [-0.3, -0.25) is 4.98 Å². The third-order valence-corrected chi connectivity index (χ3v) is 4.98. The van der Waals surface area contributed by atoms with Gasteiger partial charge in [-0.2, -0.15) is 0 Å². The lowest BCUT2D eigenvalue weighted by atomic mass is 9.98. The molecule has 2 unspecified atom stereocenters. The lowest BCUT2D eigenvalue weighted by molar-refractivity contribution is 0.406. The molecule has 3 heteroatoms. The summed E-state index contributed by atoms with van der Waals surface area (Å²) < 4.78 is 5.46. The van der Waals surface area contributed by atoms with Gasteiger partial charge in [0, 0.05) is 27.8 Å². The summed E-state index contributed by atoms with van der Waals surface area (Å²) in [5.41, 5.74) is 3.53. The van der Waals surface area contributed by atoms with Gasteiger partial charge in [-0.15, -0.1) is 0 Å². The number of pyridine rings is 1. The molecular weight excluding hydrogens is 278 g/mol. The number of hydrogen-bond donors (Lipinski definition) is 0. The van der Waals surface area contributed by atoms with Crippen molar-refractivity contribution in [2.45, 2.75) is 44.4 Å². The number of rotatable bonds is 3. The number of alkyl halides is 1. The van der Waals surface area contributed by atoms with E-state index in [0.717, 1.165) is 23.7 Å². The molecule has 2 atom stereocenters. The van der Waals surface area contributed by atoms with Crippen molar-refractivity contribution in [1.29, 1.82) is 0 Å². The fourth-order valence-corrected chi connectivity index (χ4v) is 3.52. The number of aryl methyl sites for hydroxylation is 1. The first-order valence-corrected chi connectivity index (χ1v) is 7.18. The zero-order valence-electron chi connectivity index (χ0n) is 10.8. The van der Waals surface area contributed by atoms with Crippen LogP contribution in [0.2, 0.25) is 0 Å². The molecule has 1 aliphatic rings. The van der Waals surface area contributed by atoms with E-state index >= 15 is 0 Å². The van der Waals surface area contributed by atoms with Gasteiger partial charge in [-0.1, -0.05) is 22.4 Å². The van der Waals surface area contributed by atoms with Crippen molar-refractivity contribution in [3.05, 3.63) is 23.0 Å². The summed E-state index contributed by atoms with van der Waals surface area (Å²) in [4.78, 5) is 5.25. The molecule has 0 bridgehead atoms. The van der Waals surface area contributed by atoms with E-state index in [9.17, 15) is 0 Å². The number of hydrogen-bond acceptors (Lipinski definition) is 2. The average molecular weight is 298 g/mol. The fourth-order valence-electron chi connectivity index (χ4n) is 2.75. The van der Waals surface area contributed by atoms with Crippen LogP contribution in [0.1, 0.15) is 36.1 Å². The molecule has 94 valence electrons. The van der Waals surface area contributed by atoms with Crippen LogP contribution in [0.4, 0.5) is 0 Å². The minimum absolute atomic E-state index is 0.663. The number of ether oxygens (including phenoxy) is 1. The summed E-state index contributed by atoms with van der Waals surface area (Å²) >= 11 is 3.78. The first-order valence-electron chi connectivity index (χ1n) is 6.26. The van der Waals surface area contributed by atoms with Crippen molar-refractivity contribution < 1.29 is 4.74 Å². The normalized spacial score (nSPS) is 24.0. The van der Waals surface area contributed by atoms with Gasteiger partial charge >= 0.3 is 0 Å². The number of methoxy groups -OCH3 is 1. The van der Waals surface area contributed by atoms with Gasteiger partial charge in [0.15, 0.2) is 0 Å². The standard InChI is InChI=1S/C14H20BrNO/c1-9-8-16-13(10(2)14(9)17-3)7-11-5-4-6-12(11)15/h8,11-12H,4-7H2,1-3H3. The molecule has 0 spiro atoms. The molecule has 1 aromatic rings. The Labute approximate surface area is 112 Å². The van der Waals surface area contributed by atoms with Gasteiger partial charge in [-0.05, 0) is 39.0 Å². The summed E-state index contributed by atoms with van der Waals surface area (Å²) in [5, 5.41) is 0. The van der Waals surface area contributed by atoms with Gasteiger partial charge in [0.1, 0.15) is 5.75 Å². The van der Waals surface area contributed by atoms with E-state index in [1.165, 1.54) is 30.5 Å². The Hall–Kier alpha value is -0.570. The molecule has 0 radical (unpaired) electrons.